The molecule has 0 saturated heterocycles. The summed E-state index contributed by atoms with van der Waals surface area (Å²) in [6.45, 7) is 0.0627. The average molecular weight is 640 g/mol. The number of sulfonamides is 1. The zero-order valence-corrected chi connectivity index (χ0v) is 24.7. The Labute approximate surface area is 252 Å². The summed E-state index contributed by atoms with van der Waals surface area (Å²) in [5, 5.41) is 2.23. The summed E-state index contributed by atoms with van der Waals surface area (Å²) in [7, 11) is -4.60. The second kappa shape index (κ2) is 13.3. The molecule has 4 rings (SSSR count). The van der Waals surface area contributed by atoms with Gasteiger partial charge in [-0.15, -0.1) is 0 Å². The van der Waals surface area contributed by atoms with Crippen LogP contribution in [-0.2, 0) is 32.3 Å². The highest BCUT2D eigenvalue weighted by Crippen LogP contribution is 2.38. The molecule has 43 heavy (non-hydrogen) atoms. The molecule has 3 aromatic carbocycles. The molecule has 0 aliphatic heterocycles. The summed E-state index contributed by atoms with van der Waals surface area (Å²) in [6.07, 6.45) is -1.51. The van der Waals surface area contributed by atoms with E-state index < -0.39 is 69.2 Å². The first-order valence-corrected chi connectivity index (χ1v) is 15.4. The van der Waals surface area contributed by atoms with Gasteiger partial charge in [0, 0.05) is 18.2 Å². The maximum atomic E-state index is 14.7. The Balaban J connectivity index is 1.75. The van der Waals surface area contributed by atoms with E-state index in [9.17, 15) is 35.6 Å². The van der Waals surface area contributed by atoms with Crippen LogP contribution in [-0.4, -0.2) is 43.8 Å². The fraction of sp³-hybridized carbons (Fsp3) is 0.333. The van der Waals surface area contributed by atoms with E-state index in [0.717, 1.165) is 42.7 Å². The Morgan fingerprint density at radius 3 is 2.26 bits per heavy atom. The molecular weight excluding hydrogens is 610 g/mol. The SMILES string of the molecule is C[C@@H](C(=O)NC1CCCC1)N(Cc1ccccc1F)C(=O)CN(c1ccc(Cl)c(C(F)(F)F)c1)S(=O)(=O)c1ccccc1. The maximum Gasteiger partial charge on any atom is 0.417 e. The molecule has 1 aliphatic carbocycles. The minimum absolute atomic E-state index is 0.0692. The van der Waals surface area contributed by atoms with Gasteiger partial charge in [-0.1, -0.05) is 60.8 Å². The zero-order chi connectivity index (χ0) is 31.4. The summed E-state index contributed by atoms with van der Waals surface area (Å²) in [6, 6.07) is 13.7. The molecule has 1 saturated carbocycles. The van der Waals surface area contributed by atoms with Crippen molar-refractivity contribution in [1.82, 2.24) is 10.2 Å². The van der Waals surface area contributed by atoms with Crippen molar-refractivity contribution < 1.29 is 35.6 Å². The number of anilines is 1. The van der Waals surface area contributed by atoms with Crippen LogP contribution in [0.5, 0.6) is 0 Å². The third-order valence-electron chi connectivity index (χ3n) is 7.32. The van der Waals surface area contributed by atoms with Crippen molar-refractivity contribution in [2.45, 2.75) is 62.3 Å². The molecule has 3 aromatic rings. The van der Waals surface area contributed by atoms with Gasteiger partial charge in [-0.05, 0) is 56.2 Å². The van der Waals surface area contributed by atoms with E-state index in [2.05, 4.69) is 5.32 Å². The molecule has 0 aromatic heterocycles. The third kappa shape index (κ3) is 7.66. The predicted molar refractivity (Wildman–Crippen MR) is 154 cm³/mol. The van der Waals surface area contributed by atoms with Gasteiger partial charge in [0.25, 0.3) is 10.0 Å². The van der Waals surface area contributed by atoms with E-state index in [1.165, 1.54) is 49.4 Å². The molecule has 1 atom stereocenters. The van der Waals surface area contributed by atoms with Crippen LogP contribution < -0.4 is 9.62 Å². The van der Waals surface area contributed by atoms with Crippen molar-refractivity contribution in [2.24, 2.45) is 0 Å². The van der Waals surface area contributed by atoms with Crippen LogP contribution in [0.3, 0.4) is 0 Å². The smallest absolute Gasteiger partial charge is 0.352 e. The Bertz CT molecular complexity index is 1570. The number of carbonyl (C=O) groups excluding carboxylic acids is 2. The van der Waals surface area contributed by atoms with Crippen molar-refractivity contribution in [3.05, 3.63) is 94.8 Å². The van der Waals surface area contributed by atoms with Crippen LogP contribution in [0.4, 0.5) is 23.2 Å². The monoisotopic (exact) mass is 639 g/mol. The molecule has 0 heterocycles. The highest BCUT2D eigenvalue weighted by atomic mass is 35.5. The van der Waals surface area contributed by atoms with Gasteiger partial charge in [0.05, 0.1) is 21.2 Å². The summed E-state index contributed by atoms with van der Waals surface area (Å²) in [5.74, 6) is -2.09. The molecule has 1 N–H and O–H groups in total. The number of hydrogen-bond donors (Lipinski definition) is 1. The van der Waals surface area contributed by atoms with E-state index in [4.69, 9.17) is 11.6 Å². The molecule has 230 valence electrons. The molecule has 13 heteroatoms. The van der Waals surface area contributed by atoms with E-state index in [1.54, 1.807) is 12.1 Å². The van der Waals surface area contributed by atoms with Crippen molar-refractivity contribution in [3.8, 4) is 0 Å². The first-order valence-electron chi connectivity index (χ1n) is 13.6. The Morgan fingerprint density at radius 2 is 1.63 bits per heavy atom. The van der Waals surface area contributed by atoms with E-state index in [1.807, 2.05) is 0 Å². The minimum atomic E-state index is -4.91. The number of carbonyl (C=O) groups is 2. The molecule has 0 unspecified atom stereocenters. The standard InChI is InChI=1S/C30H30ClF4N3O4S/c1-20(29(40)36-22-10-6-7-11-22)37(18-21-9-5-8-14-27(21)32)28(39)19-38(43(41,42)24-12-3-2-4-13-24)23-15-16-26(31)25(17-23)30(33,34)35/h2-5,8-9,12-17,20,22H,6-7,10-11,18-19H2,1H3,(H,36,40)/t20-/m0/s1. The molecule has 1 fully saturated rings. The number of hydrogen-bond acceptors (Lipinski definition) is 4. The summed E-state index contributed by atoms with van der Waals surface area (Å²) < 4.78 is 84.0. The van der Waals surface area contributed by atoms with Crippen LogP contribution in [0.15, 0.2) is 77.7 Å². The number of amides is 2. The molecule has 7 nitrogen and oxygen atoms in total. The molecule has 2 amide bonds. The first-order chi connectivity index (χ1) is 20.3. The fourth-order valence-electron chi connectivity index (χ4n) is 4.92. The van der Waals surface area contributed by atoms with Gasteiger partial charge in [-0.3, -0.25) is 13.9 Å². The highest BCUT2D eigenvalue weighted by molar-refractivity contribution is 7.92. The third-order valence-corrected chi connectivity index (χ3v) is 9.44. The fourth-order valence-corrected chi connectivity index (χ4v) is 6.57. The zero-order valence-electron chi connectivity index (χ0n) is 23.2. The predicted octanol–water partition coefficient (Wildman–Crippen LogP) is 6.17. The van der Waals surface area contributed by atoms with E-state index in [-0.39, 0.29) is 16.5 Å². The second-order valence-corrected chi connectivity index (χ2v) is 12.5. The normalized spacial score (nSPS) is 14.7. The van der Waals surface area contributed by atoms with Crippen molar-refractivity contribution in [1.29, 1.82) is 0 Å². The lowest BCUT2D eigenvalue weighted by Gasteiger charge is -2.32. The topological polar surface area (TPSA) is 86.8 Å². The van der Waals surface area contributed by atoms with Crippen molar-refractivity contribution in [3.63, 3.8) is 0 Å². The van der Waals surface area contributed by atoms with Crippen LogP contribution in [0, 0.1) is 5.82 Å². The molecule has 0 radical (unpaired) electrons. The van der Waals surface area contributed by atoms with Crippen LogP contribution in [0.25, 0.3) is 0 Å². The van der Waals surface area contributed by atoms with Gasteiger partial charge < -0.3 is 10.2 Å². The lowest BCUT2D eigenvalue weighted by Crippen LogP contribution is -2.52. The summed E-state index contributed by atoms with van der Waals surface area (Å²) in [5.41, 5.74) is -1.69. The number of rotatable bonds is 10. The second-order valence-electron chi connectivity index (χ2n) is 10.3. The minimum Gasteiger partial charge on any atom is -0.352 e. The lowest BCUT2D eigenvalue weighted by molar-refractivity contribution is -0.139. The van der Waals surface area contributed by atoms with Gasteiger partial charge in [-0.25, -0.2) is 12.8 Å². The van der Waals surface area contributed by atoms with Crippen LogP contribution >= 0.6 is 11.6 Å². The van der Waals surface area contributed by atoms with E-state index >= 15 is 0 Å². The number of alkyl halides is 3. The van der Waals surface area contributed by atoms with Crippen molar-refractivity contribution >= 4 is 39.1 Å². The maximum absolute atomic E-state index is 14.7. The Kier molecular flexibility index (Phi) is 10.0. The number of nitrogens with zero attached hydrogens (tertiary/aromatic N) is 2. The molecular formula is C30H30ClF4N3O4S. The van der Waals surface area contributed by atoms with Gasteiger partial charge >= 0.3 is 6.18 Å². The average Bonchev–Trinajstić information content (AvgIpc) is 3.48. The molecule has 0 bridgehead atoms. The Hall–Kier alpha value is -3.64. The first kappa shape index (κ1) is 32.3. The largest absolute Gasteiger partial charge is 0.417 e. The molecule has 1 aliphatic rings. The lowest BCUT2D eigenvalue weighted by atomic mass is 10.1. The summed E-state index contributed by atoms with van der Waals surface area (Å²) >= 11 is 5.78. The van der Waals surface area contributed by atoms with Gasteiger partial charge in [0.2, 0.25) is 11.8 Å². The van der Waals surface area contributed by atoms with Crippen LogP contribution in [0.2, 0.25) is 5.02 Å². The van der Waals surface area contributed by atoms with E-state index in [0.29, 0.717) is 10.4 Å². The van der Waals surface area contributed by atoms with Gasteiger partial charge in [0.1, 0.15) is 18.4 Å². The van der Waals surface area contributed by atoms with Crippen LogP contribution in [0.1, 0.15) is 43.7 Å². The van der Waals surface area contributed by atoms with Gasteiger partial charge in [0.15, 0.2) is 0 Å². The quantitative estimate of drug-likeness (QED) is 0.269. The number of halogens is 5. The highest BCUT2D eigenvalue weighted by Gasteiger charge is 2.37. The summed E-state index contributed by atoms with van der Waals surface area (Å²) in [4.78, 5) is 27.9. The van der Waals surface area contributed by atoms with Crippen molar-refractivity contribution in [2.75, 3.05) is 10.8 Å². The Morgan fingerprint density at radius 1 is 1.00 bits per heavy atom. The number of benzene rings is 3. The van der Waals surface area contributed by atoms with Gasteiger partial charge in [-0.2, -0.15) is 13.2 Å². The number of nitrogens with one attached hydrogen (secondary N) is 1. The molecule has 0 spiro atoms.